The number of piperazine rings is 1. The average Bonchev–Trinajstić information content (AvgIpc) is 3.18. The lowest BCUT2D eigenvalue weighted by atomic mass is 10.1. The fourth-order valence-corrected chi connectivity index (χ4v) is 3.67. The van der Waals surface area contributed by atoms with Crippen LogP contribution in [-0.4, -0.2) is 57.5 Å². The molecule has 0 amide bonds. The summed E-state index contributed by atoms with van der Waals surface area (Å²) in [6.45, 7) is 4.05. The highest BCUT2D eigenvalue weighted by Gasteiger charge is 2.20. The van der Waals surface area contributed by atoms with Crippen molar-refractivity contribution in [2.75, 3.05) is 38.1 Å². The fourth-order valence-electron chi connectivity index (χ4n) is 3.67. The van der Waals surface area contributed by atoms with Gasteiger partial charge in [0.25, 0.3) is 0 Å². The average molecular weight is 344 g/mol. The highest BCUT2D eigenvalue weighted by molar-refractivity contribution is 5.94. The van der Waals surface area contributed by atoms with Crippen LogP contribution < -0.4 is 4.90 Å². The second-order valence-corrected chi connectivity index (χ2v) is 6.75. The molecule has 0 N–H and O–H groups in total. The molecule has 5 rings (SSSR count). The molecule has 1 aromatic carbocycles. The van der Waals surface area contributed by atoms with Gasteiger partial charge in [0.1, 0.15) is 0 Å². The third-order valence-electron chi connectivity index (χ3n) is 5.13. The number of aromatic nitrogens is 4. The number of hydrogen-bond acceptors (Lipinski definition) is 5. The van der Waals surface area contributed by atoms with Crippen LogP contribution >= 0.6 is 0 Å². The first-order valence-electron chi connectivity index (χ1n) is 8.91. The van der Waals surface area contributed by atoms with Gasteiger partial charge in [0, 0.05) is 55.7 Å². The van der Waals surface area contributed by atoms with Gasteiger partial charge in [-0.25, -0.2) is 9.97 Å². The van der Waals surface area contributed by atoms with Crippen LogP contribution in [0, 0.1) is 0 Å². The third-order valence-corrected chi connectivity index (χ3v) is 5.13. The second kappa shape index (κ2) is 6.07. The van der Waals surface area contributed by atoms with Crippen molar-refractivity contribution in [2.45, 2.75) is 0 Å². The van der Waals surface area contributed by atoms with Crippen molar-refractivity contribution in [1.82, 2.24) is 24.3 Å². The Morgan fingerprint density at radius 2 is 1.77 bits per heavy atom. The van der Waals surface area contributed by atoms with Crippen molar-refractivity contribution in [1.29, 1.82) is 0 Å². The van der Waals surface area contributed by atoms with E-state index < -0.39 is 0 Å². The minimum atomic E-state index is 0.910. The van der Waals surface area contributed by atoms with Crippen LogP contribution in [0.5, 0.6) is 0 Å². The van der Waals surface area contributed by atoms with Gasteiger partial charge in [-0.2, -0.15) is 0 Å². The van der Waals surface area contributed by atoms with Gasteiger partial charge < -0.3 is 9.80 Å². The van der Waals surface area contributed by atoms with E-state index in [4.69, 9.17) is 4.98 Å². The van der Waals surface area contributed by atoms with Gasteiger partial charge in [0.05, 0.1) is 17.4 Å². The van der Waals surface area contributed by atoms with E-state index in [-0.39, 0.29) is 0 Å². The summed E-state index contributed by atoms with van der Waals surface area (Å²) in [4.78, 5) is 18.6. The Balaban J connectivity index is 1.66. The predicted octanol–water partition coefficient (Wildman–Crippen LogP) is 2.70. The van der Waals surface area contributed by atoms with E-state index in [2.05, 4.69) is 43.3 Å². The van der Waals surface area contributed by atoms with E-state index in [9.17, 15) is 0 Å². The van der Waals surface area contributed by atoms with E-state index in [1.807, 2.05) is 43.0 Å². The van der Waals surface area contributed by atoms with E-state index in [1.54, 1.807) is 0 Å². The quantitative estimate of drug-likeness (QED) is 0.560. The molecular formula is C20H20N6. The molecule has 130 valence electrons. The topological polar surface area (TPSA) is 49.6 Å². The number of nitrogens with zero attached hydrogens (tertiary/aromatic N) is 6. The van der Waals surface area contributed by atoms with E-state index in [1.165, 1.54) is 0 Å². The Morgan fingerprint density at radius 3 is 2.65 bits per heavy atom. The van der Waals surface area contributed by atoms with Crippen LogP contribution in [0.25, 0.3) is 27.8 Å². The Morgan fingerprint density at radius 1 is 0.885 bits per heavy atom. The molecule has 0 unspecified atom stereocenters. The molecule has 4 aromatic rings. The number of pyridine rings is 1. The van der Waals surface area contributed by atoms with E-state index >= 15 is 0 Å². The molecule has 1 aliphatic heterocycles. The molecule has 1 aliphatic rings. The molecule has 1 saturated heterocycles. The summed E-state index contributed by atoms with van der Waals surface area (Å²) < 4.78 is 2.14. The summed E-state index contributed by atoms with van der Waals surface area (Å²) in [7, 11) is 2.16. The third kappa shape index (κ3) is 2.42. The first kappa shape index (κ1) is 15.3. The van der Waals surface area contributed by atoms with Gasteiger partial charge in [-0.3, -0.25) is 9.38 Å². The zero-order chi connectivity index (χ0) is 17.5. The van der Waals surface area contributed by atoms with Crippen LogP contribution in [0.4, 0.5) is 5.82 Å². The largest absolute Gasteiger partial charge is 0.351 e. The zero-order valence-corrected chi connectivity index (χ0v) is 14.7. The van der Waals surface area contributed by atoms with Gasteiger partial charge in [-0.05, 0) is 19.2 Å². The number of likely N-dealkylation sites (N-methyl/N-ethyl adjacent to an activating group) is 1. The first-order valence-corrected chi connectivity index (χ1v) is 8.91. The summed E-state index contributed by atoms with van der Waals surface area (Å²) in [5.74, 6) is 0.963. The normalized spacial score (nSPS) is 15.8. The Kier molecular flexibility index (Phi) is 3.57. The number of benzene rings is 1. The van der Waals surface area contributed by atoms with Crippen LogP contribution in [0.2, 0.25) is 0 Å². The van der Waals surface area contributed by atoms with Gasteiger partial charge >= 0.3 is 0 Å². The number of fused-ring (bicyclic) bond motifs is 2. The standard InChI is InChI=1S/C20H20N6/c1-24-10-12-25(13-11-24)19-20-22-8-9-26(20)18(14-23-19)16-4-2-6-17-15(16)5-3-7-21-17/h2-9,14H,10-13H2,1H3. The van der Waals surface area contributed by atoms with Gasteiger partial charge in [-0.1, -0.05) is 18.2 Å². The summed E-state index contributed by atoms with van der Waals surface area (Å²) in [5, 5.41) is 1.12. The first-order chi connectivity index (χ1) is 12.8. The van der Waals surface area contributed by atoms with Crippen molar-refractivity contribution in [3.8, 4) is 11.3 Å². The van der Waals surface area contributed by atoms with Crippen molar-refractivity contribution >= 4 is 22.4 Å². The van der Waals surface area contributed by atoms with Gasteiger partial charge in [0.2, 0.25) is 0 Å². The zero-order valence-electron chi connectivity index (χ0n) is 14.7. The summed E-state index contributed by atoms with van der Waals surface area (Å²) in [6, 6.07) is 10.3. The van der Waals surface area contributed by atoms with Crippen molar-refractivity contribution in [3.63, 3.8) is 0 Å². The van der Waals surface area contributed by atoms with Crippen molar-refractivity contribution in [3.05, 3.63) is 55.1 Å². The molecule has 0 radical (unpaired) electrons. The summed E-state index contributed by atoms with van der Waals surface area (Å²) in [5.41, 5.74) is 4.05. The Labute approximate surface area is 151 Å². The molecule has 0 aliphatic carbocycles. The van der Waals surface area contributed by atoms with E-state index in [0.29, 0.717) is 0 Å². The molecule has 3 aromatic heterocycles. The SMILES string of the molecule is CN1CCN(c2ncc(-c3cccc4ncccc34)n3ccnc23)CC1. The molecule has 26 heavy (non-hydrogen) atoms. The maximum Gasteiger partial charge on any atom is 0.180 e. The minimum absolute atomic E-state index is 0.910. The van der Waals surface area contributed by atoms with Crippen LogP contribution in [0.3, 0.4) is 0 Å². The lowest BCUT2D eigenvalue weighted by Gasteiger charge is -2.33. The lowest BCUT2D eigenvalue weighted by molar-refractivity contribution is 0.312. The number of imidazole rings is 1. The lowest BCUT2D eigenvalue weighted by Crippen LogP contribution is -2.45. The molecule has 0 atom stereocenters. The highest BCUT2D eigenvalue weighted by atomic mass is 15.3. The van der Waals surface area contributed by atoms with Crippen LogP contribution in [0.15, 0.2) is 55.1 Å². The van der Waals surface area contributed by atoms with Crippen molar-refractivity contribution in [2.24, 2.45) is 0 Å². The number of anilines is 1. The molecule has 0 bridgehead atoms. The minimum Gasteiger partial charge on any atom is -0.351 e. The maximum absolute atomic E-state index is 4.81. The maximum atomic E-state index is 4.81. The van der Waals surface area contributed by atoms with E-state index in [0.717, 1.165) is 59.8 Å². The molecule has 6 heteroatoms. The summed E-state index contributed by atoms with van der Waals surface area (Å²) in [6.07, 6.45) is 7.66. The molecular weight excluding hydrogens is 324 g/mol. The second-order valence-electron chi connectivity index (χ2n) is 6.75. The summed E-state index contributed by atoms with van der Waals surface area (Å²) >= 11 is 0. The highest BCUT2D eigenvalue weighted by Crippen LogP contribution is 2.30. The Hall–Kier alpha value is -2.99. The van der Waals surface area contributed by atoms with Gasteiger partial charge in [-0.15, -0.1) is 0 Å². The molecule has 0 saturated carbocycles. The molecule has 4 heterocycles. The molecule has 1 fully saturated rings. The molecule has 0 spiro atoms. The van der Waals surface area contributed by atoms with Crippen LogP contribution in [-0.2, 0) is 0 Å². The monoisotopic (exact) mass is 344 g/mol. The Bertz CT molecular complexity index is 1070. The van der Waals surface area contributed by atoms with Gasteiger partial charge in [0.15, 0.2) is 11.5 Å². The predicted molar refractivity (Wildman–Crippen MR) is 103 cm³/mol. The van der Waals surface area contributed by atoms with Crippen molar-refractivity contribution < 1.29 is 0 Å². The number of rotatable bonds is 2. The van der Waals surface area contributed by atoms with Crippen LogP contribution in [0.1, 0.15) is 0 Å². The molecule has 6 nitrogen and oxygen atoms in total. The fraction of sp³-hybridized carbons (Fsp3) is 0.250. The smallest absolute Gasteiger partial charge is 0.180 e. The number of hydrogen-bond donors (Lipinski definition) is 0.